The van der Waals surface area contributed by atoms with Gasteiger partial charge in [0.05, 0.1) is 10.5 Å². The molecule has 0 N–H and O–H groups in total. The van der Waals surface area contributed by atoms with Crippen molar-refractivity contribution in [2.24, 2.45) is 0 Å². The number of ketones is 2. The Hall–Kier alpha value is 0.0400. The lowest BCUT2D eigenvalue weighted by atomic mass is 10.1. The summed E-state index contributed by atoms with van der Waals surface area (Å²) in [7, 11) is 0. The Morgan fingerprint density at radius 1 is 0.905 bits per heavy atom. The topological polar surface area (TPSA) is 34.1 Å². The lowest BCUT2D eigenvalue weighted by Gasteiger charge is -2.08. The molecule has 0 aromatic carbocycles. The van der Waals surface area contributed by atoms with E-state index in [4.69, 9.17) is 0 Å². The third kappa shape index (κ3) is 16.2. The second-order valence-electron chi connectivity index (χ2n) is 5.45. The zero-order chi connectivity index (χ0) is 16.7. The van der Waals surface area contributed by atoms with Crippen molar-refractivity contribution in [2.45, 2.75) is 89.6 Å². The van der Waals surface area contributed by atoms with Crippen LogP contribution >= 0.6 is 24.4 Å². The number of thioether (sulfide) groups is 1. The second kappa shape index (κ2) is 16.4. The average molecular weight is 335 g/mol. The minimum atomic E-state index is -0.0217. The highest BCUT2D eigenvalue weighted by Gasteiger charge is 2.10. The molecule has 0 amide bonds. The summed E-state index contributed by atoms with van der Waals surface area (Å²) in [6.45, 7) is 7.62. The number of carbonyl (C=O) groups excluding carboxylic acids is 2. The molecule has 0 aliphatic heterocycles. The van der Waals surface area contributed by atoms with Crippen molar-refractivity contribution in [3.05, 3.63) is 0 Å². The van der Waals surface area contributed by atoms with Crippen LogP contribution in [-0.2, 0) is 9.59 Å². The van der Waals surface area contributed by atoms with E-state index >= 15 is 0 Å². The molecule has 0 aromatic rings. The maximum Gasteiger partial charge on any atom is 0.142 e. The zero-order valence-corrected chi connectivity index (χ0v) is 16.2. The number of rotatable bonds is 11. The molecule has 0 saturated heterocycles. The zero-order valence-electron chi connectivity index (χ0n) is 14.5. The van der Waals surface area contributed by atoms with E-state index < -0.39 is 0 Å². The van der Waals surface area contributed by atoms with Crippen LogP contribution in [0.3, 0.4) is 0 Å². The fourth-order valence-electron chi connectivity index (χ4n) is 1.86. The van der Waals surface area contributed by atoms with E-state index in [-0.39, 0.29) is 16.3 Å². The fourth-order valence-corrected chi connectivity index (χ4v) is 2.77. The van der Waals surface area contributed by atoms with Gasteiger partial charge in [-0.3, -0.25) is 9.59 Å². The molecule has 21 heavy (non-hydrogen) atoms. The maximum absolute atomic E-state index is 10.9. The van der Waals surface area contributed by atoms with Crippen LogP contribution in [0.5, 0.6) is 0 Å². The van der Waals surface area contributed by atoms with Gasteiger partial charge in [0.25, 0.3) is 0 Å². The van der Waals surface area contributed by atoms with E-state index in [9.17, 15) is 9.59 Å². The van der Waals surface area contributed by atoms with Crippen LogP contribution in [0.25, 0.3) is 0 Å². The Balaban J connectivity index is 0. The maximum atomic E-state index is 10.9. The standard InChI is InChI=1S/C9H18OS.C8H16OS/c1-4-5-6-7-9(11-3)8(2)10;1-3-4-5-6-8(10)7(2)9/h9H,4-7H2,1-3H3;8,10H,3-6H2,1-2H3. The van der Waals surface area contributed by atoms with Gasteiger partial charge in [0.2, 0.25) is 0 Å². The van der Waals surface area contributed by atoms with E-state index in [1.165, 1.54) is 32.1 Å². The first-order valence-electron chi connectivity index (χ1n) is 8.12. The highest BCUT2D eigenvalue weighted by molar-refractivity contribution is 7.99. The first-order chi connectivity index (χ1) is 9.90. The summed E-state index contributed by atoms with van der Waals surface area (Å²) >= 11 is 5.83. The lowest BCUT2D eigenvalue weighted by Crippen LogP contribution is -2.12. The summed E-state index contributed by atoms with van der Waals surface area (Å²) in [6, 6.07) is 0. The quantitative estimate of drug-likeness (QED) is 0.409. The normalized spacial score (nSPS) is 13.0. The van der Waals surface area contributed by atoms with Gasteiger partial charge in [-0.05, 0) is 32.9 Å². The predicted molar refractivity (Wildman–Crippen MR) is 99.7 cm³/mol. The van der Waals surface area contributed by atoms with Crippen molar-refractivity contribution >= 4 is 36.0 Å². The monoisotopic (exact) mass is 334 g/mol. The molecule has 0 aliphatic carbocycles. The Labute approximate surface area is 141 Å². The SMILES string of the molecule is CCCCCC(S)C(C)=O.CCCCCC(SC)C(C)=O. The highest BCUT2D eigenvalue weighted by Crippen LogP contribution is 2.15. The van der Waals surface area contributed by atoms with Gasteiger partial charge in [-0.2, -0.15) is 24.4 Å². The van der Waals surface area contributed by atoms with Crippen LogP contribution in [0.2, 0.25) is 0 Å². The van der Waals surface area contributed by atoms with Crippen molar-refractivity contribution in [2.75, 3.05) is 6.26 Å². The molecule has 0 aliphatic rings. The molecule has 2 nitrogen and oxygen atoms in total. The number of hydrogen-bond acceptors (Lipinski definition) is 4. The van der Waals surface area contributed by atoms with Gasteiger partial charge in [0.15, 0.2) is 0 Å². The predicted octanol–water partition coefficient (Wildman–Crippen LogP) is 5.34. The smallest absolute Gasteiger partial charge is 0.142 e. The number of thiol groups is 1. The fraction of sp³-hybridized carbons (Fsp3) is 0.882. The Bertz CT molecular complexity index is 268. The van der Waals surface area contributed by atoms with Gasteiger partial charge in [-0.15, -0.1) is 0 Å². The molecule has 0 bridgehead atoms. The van der Waals surface area contributed by atoms with E-state index in [2.05, 4.69) is 26.5 Å². The molecular weight excluding hydrogens is 300 g/mol. The molecule has 0 spiro atoms. The molecule has 0 heterocycles. The molecule has 0 fully saturated rings. The van der Waals surface area contributed by atoms with Crippen molar-refractivity contribution < 1.29 is 9.59 Å². The molecule has 126 valence electrons. The van der Waals surface area contributed by atoms with E-state index in [0.717, 1.165) is 19.3 Å². The number of carbonyl (C=O) groups is 2. The summed E-state index contributed by atoms with van der Waals surface area (Å²) in [5.74, 6) is 0.521. The third-order valence-electron chi connectivity index (χ3n) is 3.36. The molecule has 0 radical (unpaired) electrons. The molecule has 2 unspecified atom stereocenters. The second-order valence-corrected chi connectivity index (χ2v) is 7.12. The van der Waals surface area contributed by atoms with Crippen LogP contribution in [-0.4, -0.2) is 28.3 Å². The summed E-state index contributed by atoms with van der Waals surface area (Å²) in [5, 5.41) is 0.230. The van der Waals surface area contributed by atoms with Crippen molar-refractivity contribution in [1.82, 2.24) is 0 Å². The van der Waals surface area contributed by atoms with Crippen LogP contribution in [0.4, 0.5) is 0 Å². The number of unbranched alkanes of at least 4 members (excludes halogenated alkanes) is 4. The van der Waals surface area contributed by atoms with Gasteiger partial charge in [0, 0.05) is 0 Å². The summed E-state index contributed by atoms with van der Waals surface area (Å²) in [4.78, 5) is 21.6. The van der Waals surface area contributed by atoms with Crippen molar-refractivity contribution in [3.8, 4) is 0 Å². The third-order valence-corrected chi connectivity index (χ3v) is 5.12. The first-order valence-corrected chi connectivity index (χ1v) is 9.92. The van der Waals surface area contributed by atoms with Crippen LogP contribution in [0.1, 0.15) is 79.1 Å². The van der Waals surface area contributed by atoms with Crippen LogP contribution in [0, 0.1) is 0 Å². The lowest BCUT2D eigenvalue weighted by molar-refractivity contribution is -0.117. The Morgan fingerprint density at radius 2 is 1.38 bits per heavy atom. The minimum absolute atomic E-state index is 0.0217. The molecule has 0 saturated carbocycles. The van der Waals surface area contributed by atoms with Gasteiger partial charge in [0.1, 0.15) is 11.6 Å². The van der Waals surface area contributed by atoms with E-state index in [1.807, 2.05) is 6.26 Å². The number of hydrogen-bond donors (Lipinski definition) is 1. The van der Waals surface area contributed by atoms with Gasteiger partial charge in [-0.1, -0.05) is 52.4 Å². The molecular formula is C17H34O2S2. The van der Waals surface area contributed by atoms with Gasteiger partial charge < -0.3 is 0 Å². The first kappa shape index (κ1) is 23.3. The molecule has 0 rings (SSSR count). The Kier molecular flexibility index (Phi) is 18.2. The highest BCUT2D eigenvalue weighted by atomic mass is 32.2. The minimum Gasteiger partial charge on any atom is -0.299 e. The van der Waals surface area contributed by atoms with Crippen molar-refractivity contribution in [1.29, 1.82) is 0 Å². The largest absolute Gasteiger partial charge is 0.299 e. The molecule has 2 atom stereocenters. The Morgan fingerprint density at radius 3 is 1.71 bits per heavy atom. The average Bonchev–Trinajstić information content (AvgIpc) is 2.44. The molecule has 0 aromatic heterocycles. The van der Waals surface area contributed by atoms with E-state index in [0.29, 0.717) is 5.78 Å². The van der Waals surface area contributed by atoms with Gasteiger partial charge >= 0.3 is 0 Å². The summed E-state index contributed by atoms with van der Waals surface area (Å²) < 4.78 is 0. The van der Waals surface area contributed by atoms with Gasteiger partial charge in [-0.25, -0.2) is 0 Å². The molecule has 4 heteroatoms. The summed E-state index contributed by atoms with van der Waals surface area (Å²) in [6.07, 6.45) is 11.2. The number of Topliss-reactive ketones (excluding diaryl/α,β-unsaturated/α-hetero) is 2. The summed E-state index contributed by atoms with van der Waals surface area (Å²) in [5.41, 5.74) is 0. The van der Waals surface area contributed by atoms with E-state index in [1.54, 1.807) is 25.6 Å². The van der Waals surface area contributed by atoms with Crippen LogP contribution in [0.15, 0.2) is 0 Å². The van der Waals surface area contributed by atoms with Crippen LogP contribution < -0.4 is 0 Å². The van der Waals surface area contributed by atoms with Crippen molar-refractivity contribution in [3.63, 3.8) is 0 Å².